The minimum absolute atomic E-state index is 0.178. The van der Waals surface area contributed by atoms with Crippen molar-refractivity contribution in [3.05, 3.63) is 59.7 Å². The van der Waals surface area contributed by atoms with Gasteiger partial charge < -0.3 is 4.74 Å². The third-order valence-corrected chi connectivity index (χ3v) is 2.48. The number of benzene rings is 1. The molecule has 0 N–H and O–H groups in total. The molecular weight excluding hydrogens is 265 g/mol. The lowest BCUT2D eigenvalue weighted by molar-refractivity contribution is 0.299. The fourth-order valence-electron chi connectivity index (χ4n) is 1.46. The molecule has 2 aromatic rings. The highest BCUT2D eigenvalue weighted by Crippen LogP contribution is 2.17. The summed E-state index contributed by atoms with van der Waals surface area (Å²) >= 11 is 5.42. The van der Waals surface area contributed by atoms with E-state index in [2.05, 4.69) is 16.8 Å². The lowest BCUT2D eigenvalue weighted by Crippen LogP contribution is -1.98. The van der Waals surface area contributed by atoms with Crippen molar-refractivity contribution in [2.75, 3.05) is 5.88 Å². The number of pyridine rings is 1. The third-order valence-electron chi connectivity index (χ3n) is 2.34. The van der Waals surface area contributed by atoms with E-state index in [0.29, 0.717) is 17.9 Å². The van der Waals surface area contributed by atoms with Gasteiger partial charge in [0.2, 0.25) is 0 Å². The van der Waals surface area contributed by atoms with Gasteiger partial charge >= 0.3 is 0 Å². The Balaban J connectivity index is 2.04. The van der Waals surface area contributed by atoms with Gasteiger partial charge in [-0.05, 0) is 24.3 Å². The number of hydrogen-bond acceptors (Lipinski definition) is 2. The van der Waals surface area contributed by atoms with E-state index >= 15 is 0 Å². The van der Waals surface area contributed by atoms with E-state index in [1.807, 2.05) is 18.2 Å². The van der Waals surface area contributed by atoms with Crippen molar-refractivity contribution in [3.8, 4) is 17.6 Å². The maximum atomic E-state index is 13.7. The van der Waals surface area contributed by atoms with Gasteiger partial charge in [-0.1, -0.05) is 17.9 Å². The predicted molar refractivity (Wildman–Crippen MR) is 72.6 cm³/mol. The third kappa shape index (κ3) is 3.97. The van der Waals surface area contributed by atoms with E-state index < -0.39 is 5.82 Å². The predicted octanol–water partition coefficient (Wildman–Crippen LogP) is 3.39. The quantitative estimate of drug-likeness (QED) is 0.633. The summed E-state index contributed by atoms with van der Waals surface area (Å²) in [7, 11) is 0. The first-order valence-corrected chi connectivity index (χ1v) is 6.20. The number of alkyl halides is 1. The van der Waals surface area contributed by atoms with Crippen LogP contribution < -0.4 is 4.74 Å². The Hall–Kier alpha value is -2.05. The molecule has 2 nitrogen and oxygen atoms in total. The molecule has 19 heavy (non-hydrogen) atoms. The molecule has 1 aromatic carbocycles. The first-order chi connectivity index (χ1) is 9.29. The summed E-state index contributed by atoms with van der Waals surface area (Å²) in [5.41, 5.74) is 1.10. The van der Waals surface area contributed by atoms with Crippen molar-refractivity contribution in [3.63, 3.8) is 0 Å². The molecule has 0 atom stereocenters. The summed E-state index contributed by atoms with van der Waals surface area (Å²) in [6.07, 6.45) is 1.68. The molecule has 0 aliphatic carbocycles. The first kappa shape index (κ1) is 13.4. The van der Waals surface area contributed by atoms with Crippen molar-refractivity contribution >= 4 is 11.6 Å². The van der Waals surface area contributed by atoms with Crippen LogP contribution in [0.15, 0.2) is 42.6 Å². The Morgan fingerprint density at radius 1 is 1.26 bits per heavy atom. The second-order valence-corrected chi connectivity index (χ2v) is 3.95. The molecule has 0 aliphatic heterocycles. The first-order valence-electron chi connectivity index (χ1n) is 5.66. The molecule has 0 aliphatic rings. The summed E-state index contributed by atoms with van der Waals surface area (Å²) in [6, 6.07) is 10.1. The lowest BCUT2D eigenvalue weighted by Gasteiger charge is -2.06. The minimum atomic E-state index is -0.420. The highest BCUT2D eigenvalue weighted by Gasteiger charge is 2.02. The van der Waals surface area contributed by atoms with E-state index in [1.54, 1.807) is 18.3 Å². The van der Waals surface area contributed by atoms with Gasteiger partial charge in [-0.25, -0.2) is 4.39 Å². The molecule has 0 amide bonds. The number of halogens is 2. The van der Waals surface area contributed by atoms with Gasteiger partial charge in [-0.3, -0.25) is 4.98 Å². The molecule has 0 spiro atoms. The summed E-state index contributed by atoms with van der Waals surface area (Å²) in [5, 5.41) is 0. The summed E-state index contributed by atoms with van der Waals surface area (Å²) < 4.78 is 19.1. The fourth-order valence-corrected chi connectivity index (χ4v) is 1.52. The lowest BCUT2D eigenvalue weighted by atomic mass is 10.2. The monoisotopic (exact) mass is 275 g/mol. The number of aromatic nitrogens is 1. The van der Waals surface area contributed by atoms with Crippen LogP contribution >= 0.6 is 11.6 Å². The largest absolute Gasteiger partial charge is 0.487 e. The topological polar surface area (TPSA) is 22.1 Å². The van der Waals surface area contributed by atoms with Gasteiger partial charge in [-0.2, -0.15) is 0 Å². The highest BCUT2D eigenvalue weighted by atomic mass is 35.5. The van der Waals surface area contributed by atoms with Crippen LogP contribution in [0, 0.1) is 17.7 Å². The Labute approximate surface area is 116 Å². The van der Waals surface area contributed by atoms with Gasteiger partial charge in [0.1, 0.15) is 18.2 Å². The maximum absolute atomic E-state index is 13.7. The molecule has 0 fully saturated rings. The smallest absolute Gasteiger partial charge is 0.142 e. The van der Waals surface area contributed by atoms with E-state index in [0.717, 1.165) is 5.69 Å². The van der Waals surface area contributed by atoms with Gasteiger partial charge in [-0.15, -0.1) is 11.6 Å². The average Bonchev–Trinajstić information content (AvgIpc) is 2.45. The second kappa shape index (κ2) is 6.77. The van der Waals surface area contributed by atoms with Gasteiger partial charge in [0.25, 0.3) is 0 Å². The highest BCUT2D eigenvalue weighted by molar-refractivity contribution is 6.19. The maximum Gasteiger partial charge on any atom is 0.142 e. The van der Waals surface area contributed by atoms with Crippen molar-refractivity contribution in [1.29, 1.82) is 0 Å². The zero-order chi connectivity index (χ0) is 13.5. The van der Waals surface area contributed by atoms with Crippen LogP contribution in [0.5, 0.6) is 5.75 Å². The summed E-state index contributed by atoms with van der Waals surface area (Å²) in [6.45, 7) is 0.299. The molecule has 2 rings (SSSR count). The molecule has 0 unspecified atom stereocenters. The van der Waals surface area contributed by atoms with Gasteiger partial charge in [0.15, 0.2) is 0 Å². The van der Waals surface area contributed by atoms with Crippen molar-refractivity contribution in [2.24, 2.45) is 0 Å². The van der Waals surface area contributed by atoms with Crippen LogP contribution in [0.4, 0.5) is 4.39 Å². The Morgan fingerprint density at radius 3 is 2.84 bits per heavy atom. The summed E-state index contributed by atoms with van der Waals surface area (Å²) in [5.74, 6) is 5.45. The molecule has 96 valence electrons. The van der Waals surface area contributed by atoms with Crippen LogP contribution in [-0.2, 0) is 6.61 Å². The number of hydrogen-bond donors (Lipinski definition) is 0. The molecule has 1 heterocycles. The molecule has 1 aromatic heterocycles. The van der Waals surface area contributed by atoms with Crippen LogP contribution in [-0.4, -0.2) is 10.9 Å². The van der Waals surface area contributed by atoms with Crippen LogP contribution in [0.2, 0.25) is 0 Å². The summed E-state index contributed by atoms with van der Waals surface area (Å²) in [4.78, 5) is 4.12. The van der Waals surface area contributed by atoms with E-state index in [9.17, 15) is 4.39 Å². The average molecular weight is 276 g/mol. The van der Waals surface area contributed by atoms with Gasteiger partial charge in [0, 0.05) is 12.3 Å². The minimum Gasteiger partial charge on any atom is -0.487 e. The molecule has 0 saturated carbocycles. The molecule has 0 radical (unpaired) electrons. The molecular formula is C15H11ClFNO. The number of rotatable bonds is 3. The zero-order valence-corrected chi connectivity index (χ0v) is 10.8. The van der Waals surface area contributed by atoms with Crippen molar-refractivity contribution in [1.82, 2.24) is 4.98 Å². The van der Waals surface area contributed by atoms with Crippen LogP contribution in [0.25, 0.3) is 0 Å². The number of nitrogens with zero attached hydrogens (tertiary/aromatic N) is 1. The van der Waals surface area contributed by atoms with E-state index in [1.165, 1.54) is 6.07 Å². The molecule has 4 heteroatoms. The van der Waals surface area contributed by atoms with E-state index in [4.69, 9.17) is 16.3 Å². The number of ether oxygens (including phenoxy) is 1. The van der Waals surface area contributed by atoms with Crippen molar-refractivity contribution < 1.29 is 9.13 Å². The SMILES string of the molecule is Fc1cc(OCc2ccccn2)ccc1C#CCCl. The molecule has 0 bridgehead atoms. The van der Waals surface area contributed by atoms with Crippen molar-refractivity contribution in [2.45, 2.75) is 6.61 Å². The fraction of sp³-hybridized carbons (Fsp3) is 0.133. The van der Waals surface area contributed by atoms with E-state index in [-0.39, 0.29) is 5.88 Å². The molecule has 0 saturated heterocycles. The standard InChI is InChI=1S/C15H11ClFNO/c16-8-3-4-12-6-7-14(10-15(12)17)19-11-13-5-1-2-9-18-13/h1-2,5-7,9-10H,8,11H2. The second-order valence-electron chi connectivity index (χ2n) is 3.69. The van der Waals surface area contributed by atoms with Crippen LogP contribution in [0.1, 0.15) is 11.3 Å². The van der Waals surface area contributed by atoms with Gasteiger partial charge in [0.05, 0.1) is 17.1 Å². The Bertz CT molecular complexity index is 605. The van der Waals surface area contributed by atoms with Crippen LogP contribution in [0.3, 0.4) is 0 Å². The normalized spacial score (nSPS) is 9.58. The Kier molecular flexibility index (Phi) is 4.77. The zero-order valence-electron chi connectivity index (χ0n) is 10.1. The Morgan fingerprint density at radius 2 is 2.16 bits per heavy atom.